The lowest BCUT2D eigenvalue weighted by Gasteiger charge is -2.04. The summed E-state index contributed by atoms with van der Waals surface area (Å²) in [6.07, 6.45) is 0. The number of halogens is 3. The Morgan fingerprint density at radius 2 is 2.05 bits per heavy atom. The molecule has 0 aliphatic carbocycles. The Kier molecular flexibility index (Phi) is 2.99. The maximum atomic E-state index is 13.6. The third-order valence-corrected chi connectivity index (χ3v) is 3.54. The zero-order valence-electron chi connectivity index (χ0n) is 9.73. The third kappa shape index (κ3) is 2.11. The second-order valence-corrected chi connectivity index (χ2v) is 5.21. The fourth-order valence-corrected chi connectivity index (χ4v) is 2.34. The minimum Gasteiger partial charge on any atom is -0.263 e. The highest BCUT2D eigenvalue weighted by atomic mass is 79.9. The van der Waals surface area contributed by atoms with E-state index in [0.717, 1.165) is 0 Å². The molecule has 2 aromatic heterocycles. The quantitative estimate of drug-likeness (QED) is 0.635. The highest BCUT2D eigenvalue weighted by Gasteiger charge is 2.13. The Labute approximate surface area is 121 Å². The van der Waals surface area contributed by atoms with Gasteiger partial charge in [0.1, 0.15) is 16.8 Å². The van der Waals surface area contributed by atoms with Crippen molar-refractivity contribution in [3.05, 3.63) is 45.5 Å². The summed E-state index contributed by atoms with van der Waals surface area (Å²) in [5.74, 6) is 0.822. The van der Waals surface area contributed by atoms with Gasteiger partial charge in [-0.25, -0.2) is 9.37 Å². The molecule has 0 radical (unpaired) electrons. The van der Waals surface area contributed by atoms with Crippen LogP contribution < -0.4 is 0 Å². The maximum Gasteiger partial charge on any atom is 0.169 e. The normalized spacial score (nSPS) is 11.2. The van der Waals surface area contributed by atoms with Gasteiger partial charge in [-0.1, -0.05) is 11.6 Å². The van der Waals surface area contributed by atoms with E-state index in [1.54, 1.807) is 29.5 Å². The van der Waals surface area contributed by atoms with Crippen LogP contribution in [0.1, 0.15) is 5.82 Å². The lowest BCUT2D eigenvalue weighted by atomic mass is 10.2. The number of hydrogen-bond donors (Lipinski definition) is 0. The van der Waals surface area contributed by atoms with Crippen molar-refractivity contribution in [1.29, 1.82) is 0 Å². The van der Waals surface area contributed by atoms with Crippen LogP contribution in [-0.4, -0.2) is 19.6 Å². The SMILES string of the molecule is Cc1nc(Cl)cc2nnc(-c3ccc(Br)c(F)c3)n12. The predicted molar refractivity (Wildman–Crippen MR) is 73.6 cm³/mol. The first kappa shape index (κ1) is 12.5. The van der Waals surface area contributed by atoms with Crippen LogP contribution in [0.15, 0.2) is 28.7 Å². The molecule has 4 nitrogen and oxygen atoms in total. The molecule has 0 amide bonds. The van der Waals surface area contributed by atoms with Gasteiger partial charge in [0.15, 0.2) is 11.5 Å². The molecule has 0 fully saturated rings. The van der Waals surface area contributed by atoms with Crippen molar-refractivity contribution in [2.24, 2.45) is 0 Å². The summed E-state index contributed by atoms with van der Waals surface area (Å²) < 4.78 is 15.7. The second-order valence-electron chi connectivity index (χ2n) is 3.97. The standard InChI is InChI=1S/C12H7BrClFN4/c1-6-16-10(14)5-11-17-18-12(19(6)11)7-2-3-8(13)9(15)4-7/h2-5H,1H3. The Morgan fingerprint density at radius 1 is 1.26 bits per heavy atom. The zero-order valence-corrected chi connectivity index (χ0v) is 12.1. The van der Waals surface area contributed by atoms with E-state index in [2.05, 4.69) is 31.1 Å². The molecule has 3 rings (SSSR count). The highest BCUT2D eigenvalue weighted by molar-refractivity contribution is 9.10. The Morgan fingerprint density at radius 3 is 2.79 bits per heavy atom. The Hall–Kier alpha value is -1.53. The van der Waals surface area contributed by atoms with E-state index in [0.29, 0.717) is 32.5 Å². The third-order valence-electron chi connectivity index (χ3n) is 2.71. The van der Waals surface area contributed by atoms with E-state index in [1.165, 1.54) is 6.07 Å². The van der Waals surface area contributed by atoms with Crippen LogP contribution in [-0.2, 0) is 0 Å². The van der Waals surface area contributed by atoms with Crippen LogP contribution >= 0.6 is 27.5 Å². The minimum atomic E-state index is -0.353. The van der Waals surface area contributed by atoms with E-state index >= 15 is 0 Å². The number of rotatable bonds is 1. The van der Waals surface area contributed by atoms with Crippen molar-refractivity contribution in [2.45, 2.75) is 6.92 Å². The van der Waals surface area contributed by atoms with E-state index in [4.69, 9.17) is 11.6 Å². The summed E-state index contributed by atoms with van der Waals surface area (Å²) in [6.45, 7) is 1.79. The summed E-state index contributed by atoms with van der Waals surface area (Å²) in [7, 11) is 0. The fourth-order valence-electron chi connectivity index (χ4n) is 1.87. The fraction of sp³-hybridized carbons (Fsp3) is 0.0833. The van der Waals surface area contributed by atoms with Gasteiger partial charge >= 0.3 is 0 Å². The zero-order chi connectivity index (χ0) is 13.6. The summed E-state index contributed by atoms with van der Waals surface area (Å²) in [5, 5.41) is 8.45. The molecule has 0 aliphatic heterocycles. The van der Waals surface area contributed by atoms with Gasteiger partial charge in [-0.3, -0.25) is 4.40 Å². The molecule has 0 unspecified atom stereocenters. The average molecular weight is 342 g/mol. The van der Waals surface area contributed by atoms with Gasteiger partial charge in [0.25, 0.3) is 0 Å². The van der Waals surface area contributed by atoms with Crippen molar-refractivity contribution < 1.29 is 4.39 Å². The molecule has 0 aliphatic rings. The number of aryl methyl sites for hydroxylation is 1. The summed E-state index contributed by atoms with van der Waals surface area (Å²) in [5.41, 5.74) is 1.20. The Balaban J connectivity index is 2.28. The molecule has 0 spiro atoms. The second kappa shape index (κ2) is 4.54. The van der Waals surface area contributed by atoms with Crippen LogP contribution in [0.25, 0.3) is 17.0 Å². The van der Waals surface area contributed by atoms with Gasteiger partial charge in [-0.2, -0.15) is 0 Å². The molecule has 3 aromatic rings. The predicted octanol–water partition coefficient (Wildman–Crippen LogP) is 3.65. The van der Waals surface area contributed by atoms with E-state index in [1.807, 2.05) is 0 Å². The number of nitrogens with zero attached hydrogens (tertiary/aromatic N) is 4. The number of hydrogen-bond acceptors (Lipinski definition) is 3. The molecule has 0 atom stereocenters. The van der Waals surface area contributed by atoms with Crippen molar-refractivity contribution in [3.63, 3.8) is 0 Å². The van der Waals surface area contributed by atoms with E-state index in [9.17, 15) is 4.39 Å². The molecule has 2 heterocycles. The minimum absolute atomic E-state index is 0.353. The molecule has 7 heteroatoms. The summed E-state index contributed by atoms with van der Waals surface area (Å²) in [4.78, 5) is 4.15. The summed E-state index contributed by atoms with van der Waals surface area (Å²) >= 11 is 8.99. The molecule has 0 N–H and O–H groups in total. The van der Waals surface area contributed by atoms with Gasteiger partial charge in [0.2, 0.25) is 0 Å². The van der Waals surface area contributed by atoms with Crippen LogP contribution in [0.3, 0.4) is 0 Å². The lowest BCUT2D eigenvalue weighted by Crippen LogP contribution is -1.98. The highest BCUT2D eigenvalue weighted by Crippen LogP contribution is 2.25. The first-order chi connectivity index (χ1) is 9.06. The van der Waals surface area contributed by atoms with Gasteiger partial charge in [0, 0.05) is 11.6 Å². The largest absolute Gasteiger partial charge is 0.263 e. The van der Waals surface area contributed by atoms with Crippen molar-refractivity contribution >= 4 is 33.2 Å². The van der Waals surface area contributed by atoms with Gasteiger partial charge in [-0.05, 0) is 41.1 Å². The molecular formula is C12H7BrClFN4. The van der Waals surface area contributed by atoms with E-state index in [-0.39, 0.29) is 5.82 Å². The van der Waals surface area contributed by atoms with Crippen LogP contribution in [0.5, 0.6) is 0 Å². The topological polar surface area (TPSA) is 43.1 Å². The number of fused-ring (bicyclic) bond motifs is 1. The smallest absolute Gasteiger partial charge is 0.169 e. The molecular weight excluding hydrogens is 335 g/mol. The van der Waals surface area contributed by atoms with Crippen LogP contribution in [0.2, 0.25) is 5.15 Å². The summed E-state index contributed by atoms with van der Waals surface area (Å²) in [6, 6.07) is 6.40. The molecule has 19 heavy (non-hydrogen) atoms. The van der Waals surface area contributed by atoms with Crippen LogP contribution in [0, 0.1) is 12.7 Å². The first-order valence-electron chi connectivity index (χ1n) is 5.40. The van der Waals surface area contributed by atoms with E-state index < -0.39 is 0 Å². The van der Waals surface area contributed by atoms with Gasteiger partial charge in [-0.15, -0.1) is 10.2 Å². The molecule has 96 valence electrons. The van der Waals surface area contributed by atoms with Crippen molar-refractivity contribution in [3.8, 4) is 11.4 Å². The molecule has 1 aromatic carbocycles. The van der Waals surface area contributed by atoms with Gasteiger partial charge in [0.05, 0.1) is 4.47 Å². The average Bonchev–Trinajstić information content (AvgIpc) is 2.76. The first-order valence-corrected chi connectivity index (χ1v) is 6.57. The molecule has 0 bridgehead atoms. The van der Waals surface area contributed by atoms with Gasteiger partial charge < -0.3 is 0 Å². The number of benzene rings is 1. The van der Waals surface area contributed by atoms with Crippen molar-refractivity contribution in [1.82, 2.24) is 19.6 Å². The number of aromatic nitrogens is 4. The van der Waals surface area contributed by atoms with Crippen molar-refractivity contribution in [2.75, 3.05) is 0 Å². The lowest BCUT2D eigenvalue weighted by molar-refractivity contribution is 0.621. The molecule has 0 saturated carbocycles. The van der Waals surface area contributed by atoms with Crippen LogP contribution in [0.4, 0.5) is 4.39 Å². The Bertz CT molecular complexity index is 787. The molecule has 0 saturated heterocycles. The monoisotopic (exact) mass is 340 g/mol. The maximum absolute atomic E-state index is 13.6.